The molecule has 0 spiro atoms. The fraction of sp³-hybridized carbons (Fsp3) is 0.417. The van der Waals surface area contributed by atoms with E-state index in [-0.39, 0.29) is 6.09 Å². The number of thiol groups is 1. The topological polar surface area (TPSA) is 31.2 Å². The molecule has 4 heteroatoms. The largest absolute Gasteiger partial charge is 0.443 e. The first-order valence-electron chi connectivity index (χ1n) is 5.12. The molecule has 0 saturated carbocycles. The van der Waals surface area contributed by atoms with Crippen LogP contribution in [0, 0.1) is 0 Å². The lowest BCUT2D eigenvalue weighted by Crippen LogP contribution is -2.27. The molecule has 0 atom stereocenters. The minimum atomic E-state index is -0.480. The first-order chi connectivity index (χ1) is 7.44. The maximum Gasteiger partial charge on any atom is 0.418 e. The van der Waals surface area contributed by atoms with Crippen molar-refractivity contribution in [2.75, 3.05) is 5.75 Å². The molecule has 0 saturated heterocycles. The number of nitrogens with zero attached hydrogens (tertiary/aromatic N) is 1. The molecule has 0 aliphatic rings. The number of ether oxygens (including phenoxy) is 1. The lowest BCUT2D eigenvalue weighted by atomic mass is 10.2. The van der Waals surface area contributed by atoms with Gasteiger partial charge in [-0.25, -0.2) is 4.79 Å². The van der Waals surface area contributed by atoms with Crippen LogP contribution in [0.25, 0.3) is 6.08 Å². The molecule has 3 nitrogen and oxygen atoms in total. The highest BCUT2D eigenvalue weighted by Crippen LogP contribution is 2.12. The zero-order chi connectivity index (χ0) is 12.2. The summed E-state index contributed by atoms with van der Waals surface area (Å²) >= 11 is 4.07. The van der Waals surface area contributed by atoms with Gasteiger partial charge in [0.15, 0.2) is 0 Å². The Labute approximate surface area is 102 Å². The number of rotatable bonds is 2. The molecule has 1 aromatic rings. The molecule has 0 aliphatic heterocycles. The van der Waals surface area contributed by atoms with Gasteiger partial charge >= 0.3 is 6.09 Å². The first kappa shape index (κ1) is 12.9. The summed E-state index contributed by atoms with van der Waals surface area (Å²) in [5.74, 6) is 0.638. The third-order valence-corrected chi connectivity index (χ3v) is 1.98. The van der Waals surface area contributed by atoms with Gasteiger partial charge in [0.05, 0.1) is 5.69 Å². The Morgan fingerprint density at radius 2 is 2.25 bits per heavy atom. The van der Waals surface area contributed by atoms with Crippen LogP contribution in [-0.2, 0) is 4.74 Å². The summed E-state index contributed by atoms with van der Waals surface area (Å²) in [6.07, 6.45) is 5.04. The summed E-state index contributed by atoms with van der Waals surface area (Å²) in [6.45, 7) is 5.53. The molecule has 0 aliphatic carbocycles. The van der Waals surface area contributed by atoms with Crippen molar-refractivity contribution in [2.45, 2.75) is 26.4 Å². The average Bonchev–Trinajstić information content (AvgIpc) is 2.59. The van der Waals surface area contributed by atoms with Crippen LogP contribution in [0.3, 0.4) is 0 Å². The third-order valence-electron chi connectivity index (χ3n) is 1.76. The minimum absolute atomic E-state index is 0.365. The van der Waals surface area contributed by atoms with Gasteiger partial charge in [0.25, 0.3) is 0 Å². The van der Waals surface area contributed by atoms with Gasteiger partial charge in [0, 0.05) is 11.9 Å². The number of carbonyl (C=O) groups excluding carboxylic acids is 1. The smallest absolute Gasteiger partial charge is 0.418 e. The quantitative estimate of drug-likeness (QED) is 0.803. The van der Waals surface area contributed by atoms with Crippen molar-refractivity contribution in [2.24, 2.45) is 0 Å². The first-order valence-corrected chi connectivity index (χ1v) is 5.75. The Morgan fingerprint density at radius 1 is 1.56 bits per heavy atom. The van der Waals surface area contributed by atoms with Crippen LogP contribution in [0.15, 0.2) is 24.4 Å². The Bertz CT molecular complexity index is 388. The highest BCUT2D eigenvalue weighted by molar-refractivity contribution is 7.80. The Hall–Kier alpha value is -1.16. The average molecular weight is 239 g/mol. The Balaban J connectivity index is 2.84. The number of hydrogen-bond acceptors (Lipinski definition) is 3. The second-order valence-corrected chi connectivity index (χ2v) is 4.73. The van der Waals surface area contributed by atoms with Crippen LogP contribution in [0.1, 0.15) is 26.5 Å². The molecule has 1 rings (SSSR count). The number of hydrogen-bond donors (Lipinski definition) is 1. The molecule has 0 N–H and O–H groups in total. The third kappa shape index (κ3) is 3.77. The molecule has 0 fully saturated rings. The van der Waals surface area contributed by atoms with E-state index < -0.39 is 5.60 Å². The zero-order valence-corrected chi connectivity index (χ0v) is 10.7. The second-order valence-electron chi connectivity index (χ2n) is 4.37. The number of aromatic nitrogens is 1. The van der Waals surface area contributed by atoms with Crippen molar-refractivity contribution in [3.63, 3.8) is 0 Å². The molecule has 0 unspecified atom stereocenters. The zero-order valence-electron chi connectivity index (χ0n) is 9.80. The van der Waals surface area contributed by atoms with E-state index in [4.69, 9.17) is 4.74 Å². The summed E-state index contributed by atoms with van der Waals surface area (Å²) in [5, 5.41) is 0. The van der Waals surface area contributed by atoms with Gasteiger partial charge in [-0.1, -0.05) is 6.08 Å². The summed E-state index contributed by atoms with van der Waals surface area (Å²) in [6, 6.07) is 3.66. The molecular weight excluding hydrogens is 222 g/mol. The van der Waals surface area contributed by atoms with Crippen LogP contribution in [0.5, 0.6) is 0 Å². The van der Waals surface area contributed by atoms with Crippen LogP contribution in [0.2, 0.25) is 0 Å². The molecule has 0 bridgehead atoms. The minimum Gasteiger partial charge on any atom is -0.443 e. The van der Waals surface area contributed by atoms with Crippen LogP contribution >= 0.6 is 12.6 Å². The van der Waals surface area contributed by atoms with E-state index in [0.717, 1.165) is 5.69 Å². The lowest BCUT2D eigenvalue weighted by molar-refractivity contribution is 0.0536. The molecule has 0 radical (unpaired) electrons. The van der Waals surface area contributed by atoms with Gasteiger partial charge in [-0.15, -0.1) is 0 Å². The lowest BCUT2D eigenvalue weighted by Gasteiger charge is -2.20. The van der Waals surface area contributed by atoms with Crippen molar-refractivity contribution < 1.29 is 9.53 Å². The van der Waals surface area contributed by atoms with Gasteiger partial charge in [0.1, 0.15) is 5.60 Å². The van der Waals surface area contributed by atoms with E-state index in [1.807, 2.05) is 45.1 Å². The van der Waals surface area contributed by atoms with Gasteiger partial charge < -0.3 is 4.74 Å². The summed E-state index contributed by atoms with van der Waals surface area (Å²) < 4.78 is 6.75. The molecular formula is C12H17NO2S. The van der Waals surface area contributed by atoms with E-state index in [2.05, 4.69) is 12.6 Å². The van der Waals surface area contributed by atoms with Crippen LogP contribution < -0.4 is 0 Å². The fourth-order valence-corrected chi connectivity index (χ4v) is 1.29. The standard InChI is InChI=1S/C12H17NO2S/c1-12(2,3)15-11(14)13-8-4-6-10(13)7-5-9-16/h4-8,16H,9H2,1-3H3. The molecule has 0 amide bonds. The van der Waals surface area contributed by atoms with Crippen LogP contribution in [-0.4, -0.2) is 22.0 Å². The molecule has 0 aromatic carbocycles. The molecule has 1 aromatic heterocycles. The monoisotopic (exact) mass is 239 g/mol. The molecule has 16 heavy (non-hydrogen) atoms. The second kappa shape index (κ2) is 5.25. The maximum atomic E-state index is 11.8. The number of carbonyl (C=O) groups is 1. The van der Waals surface area contributed by atoms with E-state index in [1.165, 1.54) is 4.57 Å². The summed E-state index contributed by atoms with van der Waals surface area (Å²) in [4.78, 5) is 11.8. The van der Waals surface area contributed by atoms with Crippen molar-refractivity contribution in [3.8, 4) is 0 Å². The highest BCUT2D eigenvalue weighted by atomic mass is 32.1. The van der Waals surface area contributed by atoms with E-state index >= 15 is 0 Å². The SMILES string of the molecule is CC(C)(C)OC(=O)n1cccc1C=CCS. The summed E-state index contributed by atoms with van der Waals surface area (Å²) in [5.41, 5.74) is 0.314. The Morgan fingerprint density at radius 3 is 2.81 bits per heavy atom. The van der Waals surface area contributed by atoms with E-state index in [1.54, 1.807) is 6.20 Å². The van der Waals surface area contributed by atoms with E-state index in [9.17, 15) is 4.79 Å². The predicted octanol–water partition coefficient (Wildman–Crippen LogP) is 3.21. The van der Waals surface area contributed by atoms with Gasteiger partial charge in [-0.05, 0) is 39.0 Å². The Kier molecular flexibility index (Phi) is 4.24. The van der Waals surface area contributed by atoms with Crippen molar-refractivity contribution in [1.29, 1.82) is 0 Å². The molecule has 1 heterocycles. The predicted molar refractivity (Wildman–Crippen MR) is 69.0 cm³/mol. The normalized spacial score (nSPS) is 12.0. The van der Waals surface area contributed by atoms with Crippen molar-refractivity contribution >= 4 is 24.8 Å². The maximum absolute atomic E-state index is 11.8. The van der Waals surface area contributed by atoms with E-state index in [0.29, 0.717) is 5.75 Å². The highest BCUT2D eigenvalue weighted by Gasteiger charge is 2.18. The van der Waals surface area contributed by atoms with Crippen molar-refractivity contribution in [3.05, 3.63) is 30.1 Å². The molecule has 88 valence electrons. The van der Waals surface area contributed by atoms with Crippen LogP contribution in [0.4, 0.5) is 4.79 Å². The van der Waals surface area contributed by atoms with Gasteiger partial charge in [-0.2, -0.15) is 12.6 Å². The van der Waals surface area contributed by atoms with Crippen molar-refractivity contribution in [1.82, 2.24) is 4.57 Å². The van der Waals surface area contributed by atoms with Gasteiger partial charge in [0.2, 0.25) is 0 Å². The fourth-order valence-electron chi connectivity index (χ4n) is 1.18. The summed E-state index contributed by atoms with van der Waals surface area (Å²) in [7, 11) is 0. The van der Waals surface area contributed by atoms with Gasteiger partial charge in [-0.3, -0.25) is 4.57 Å².